The van der Waals surface area contributed by atoms with Crippen LogP contribution in [-0.4, -0.2) is 35.7 Å². The average molecular weight is 641 g/mol. The molecule has 0 unspecified atom stereocenters. The highest BCUT2D eigenvalue weighted by Crippen LogP contribution is 2.21. The molecule has 0 radical (unpaired) electrons. The van der Waals surface area contributed by atoms with Crippen molar-refractivity contribution in [2.75, 3.05) is 26.2 Å². The largest absolute Gasteiger partial charge is 0.356 e. The molecule has 5 nitrogen and oxygen atoms in total. The van der Waals surface area contributed by atoms with Gasteiger partial charge in [-0.3, -0.25) is 0 Å². The molecule has 0 rings (SSSR count). The zero-order valence-electron chi connectivity index (χ0n) is 31.6. The van der Waals surface area contributed by atoms with Gasteiger partial charge in [0.15, 0.2) is 0 Å². The number of rotatable bonds is 36. The summed E-state index contributed by atoms with van der Waals surface area (Å²) in [5.74, 6) is 0. The van der Waals surface area contributed by atoms with E-state index >= 15 is 0 Å². The molecule has 0 spiro atoms. The van der Waals surface area contributed by atoms with Crippen LogP contribution in [0.3, 0.4) is 0 Å². The fraction of sp³-hybridized carbons (Fsp3) is 1.00. The standard InChI is InChI=1S/C40H84N.NO3/c1-5-9-13-16-19-22-25-28-31-34-38-41(37-12-8-4,39-35-32-29-26-23-20-17-14-10-6-2)40-36-33-30-27-24-21-18-15-11-7-3;2-1(3)4/h5-40H2,1-4H3;/q+1;-1. The highest BCUT2D eigenvalue weighted by atomic mass is 16.9. The first-order chi connectivity index (χ1) is 22.0. The fourth-order valence-electron chi connectivity index (χ4n) is 6.97. The van der Waals surface area contributed by atoms with Crippen molar-refractivity contribution in [1.82, 2.24) is 0 Å². The third-order valence-corrected chi connectivity index (χ3v) is 9.94. The SMILES string of the molecule is CCCCCCCCCCCC[N+](CCCC)(CCCCCCCCCCCC)CCCCCCCCCCCC.O=[N+]([O-])[O-]. The zero-order valence-corrected chi connectivity index (χ0v) is 31.6. The van der Waals surface area contributed by atoms with E-state index in [-0.39, 0.29) is 0 Å². The van der Waals surface area contributed by atoms with Crippen LogP contribution in [0.25, 0.3) is 0 Å². The first-order valence-electron chi connectivity index (χ1n) is 20.6. The molecule has 0 atom stereocenters. The van der Waals surface area contributed by atoms with Gasteiger partial charge in [-0.05, 0) is 44.9 Å². The summed E-state index contributed by atoms with van der Waals surface area (Å²) in [5, 5.41) is 14.8. The summed E-state index contributed by atoms with van der Waals surface area (Å²) in [4.78, 5) is 8.25. The van der Waals surface area contributed by atoms with Crippen LogP contribution < -0.4 is 0 Å². The average Bonchev–Trinajstić information content (AvgIpc) is 3.02. The number of hydrogen-bond acceptors (Lipinski definition) is 3. The highest BCUT2D eigenvalue weighted by molar-refractivity contribution is 4.55. The van der Waals surface area contributed by atoms with Gasteiger partial charge in [0.25, 0.3) is 0 Å². The maximum absolute atomic E-state index is 8.25. The Morgan fingerprint density at radius 3 is 0.667 bits per heavy atom. The molecule has 0 aromatic carbocycles. The lowest BCUT2D eigenvalue weighted by atomic mass is 10.0. The van der Waals surface area contributed by atoms with E-state index in [1.165, 1.54) is 236 Å². The van der Waals surface area contributed by atoms with Gasteiger partial charge in [-0.1, -0.05) is 188 Å². The first-order valence-corrected chi connectivity index (χ1v) is 20.6. The van der Waals surface area contributed by atoms with Gasteiger partial charge in [-0.15, -0.1) is 0 Å². The Labute approximate surface area is 283 Å². The Bertz CT molecular complexity index is 494. The Morgan fingerprint density at radius 1 is 0.311 bits per heavy atom. The molecule has 5 heteroatoms. The summed E-state index contributed by atoms with van der Waals surface area (Å²) in [7, 11) is 0. The molecular weight excluding hydrogens is 556 g/mol. The second kappa shape index (κ2) is 39.3. The van der Waals surface area contributed by atoms with Crippen LogP contribution in [0.5, 0.6) is 0 Å². The van der Waals surface area contributed by atoms with Gasteiger partial charge >= 0.3 is 0 Å². The van der Waals surface area contributed by atoms with E-state index in [1.54, 1.807) is 0 Å². The van der Waals surface area contributed by atoms with Crippen LogP contribution in [0.4, 0.5) is 0 Å². The Balaban J connectivity index is 0. The van der Waals surface area contributed by atoms with Gasteiger partial charge in [0.1, 0.15) is 0 Å². The molecular formula is C40H84N2O3. The predicted molar refractivity (Wildman–Crippen MR) is 201 cm³/mol. The number of unbranched alkanes of at least 4 members (excludes halogenated alkanes) is 28. The summed E-state index contributed by atoms with van der Waals surface area (Å²) < 4.78 is 1.47. The normalized spacial score (nSPS) is 11.5. The number of hydrogen-bond donors (Lipinski definition) is 0. The minimum absolute atomic E-state index is 1.37. The molecule has 0 aromatic rings. The minimum Gasteiger partial charge on any atom is -0.356 e. The van der Waals surface area contributed by atoms with E-state index in [0.29, 0.717) is 0 Å². The molecule has 0 saturated heterocycles. The third kappa shape index (κ3) is 39.3. The molecule has 0 amide bonds. The summed E-state index contributed by atoms with van der Waals surface area (Å²) in [5.41, 5.74) is 0. The second-order valence-electron chi connectivity index (χ2n) is 14.4. The molecule has 0 fully saturated rings. The molecule has 272 valence electrons. The van der Waals surface area contributed by atoms with Crippen LogP contribution in [0, 0.1) is 15.3 Å². The molecule has 0 heterocycles. The molecule has 45 heavy (non-hydrogen) atoms. The van der Waals surface area contributed by atoms with E-state index < -0.39 is 5.09 Å². The van der Waals surface area contributed by atoms with Gasteiger partial charge in [0.05, 0.1) is 31.3 Å². The van der Waals surface area contributed by atoms with Gasteiger partial charge < -0.3 is 19.8 Å². The fourth-order valence-corrected chi connectivity index (χ4v) is 6.97. The number of nitrogens with zero attached hydrogens (tertiary/aromatic N) is 2. The summed E-state index contributed by atoms with van der Waals surface area (Å²) >= 11 is 0. The molecule has 0 bridgehead atoms. The molecule has 0 saturated carbocycles. The Kier molecular flexibility index (Phi) is 40.5. The second-order valence-corrected chi connectivity index (χ2v) is 14.4. The van der Waals surface area contributed by atoms with E-state index in [2.05, 4.69) is 27.7 Å². The highest BCUT2D eigenvalue weighted by Gasteiger charge is 2.25. The van der Waals surface area contributed by atoms with E-state index in [4.69, 9.17) is 15.3 Å². The molecule has 0 aliphatic rings. The first kappa shape index (κ1) is 46.3. The maximum atomic E-state index is 8.25. The van der Waals surface area contributed by atoms with Gasteiger partial charge in [0.2, 0.25) is 0 Å². The monoisotopic (exact) mass is 641 g/mol. The quantitative estimate of drug-likeness (QED) is 0.0296. The van der Waals surface area contributed by atoms with Gasteiger partial charge in [0, 0.05) is 0 Å². The predicted octanol–water partition coefficient (Wildman–Crippen LogP) is 14.1. The van der Waals surface area contributed by atoms with Crippen molar-refractivity contribution >= 4 is 0 Å². The number of quaternary nitrogens is 1. The van der Waals surface area contributed by atoms with Crippen molar-refractivity contribution < 1.29 is 9.57 Å². The summed E-state index contributed by atoms with van der Waals surface area (Å²) in [6, 6.07) is 0. The summed E-state index contributed by atoms with van der Waals surface area (Å²) in [6.45, 7) is 15.3. The third-order valence-electron chi connectivity index (χ3n) is 9.94. The van der Waals surface area contributed by atoms with Crippen molar-refractivity contribution in [3.63, 3.8) is 0 Å². The van der Waals surface area contributed by atoms with Crippen LogP contribution in [0.2, 0.25) is 0 Å². The topological polar surface area (TPSA) is 66.2 Å². The van der Waals surface area contributed by atoms with Crippen molar-refractivity contribution in [1.29, 1.82) is 0 Å². The van der Waals surface area contributed by atoms with Crippen LogP contribution in [-0.2, 0) is 0 Å². The maximum Gasteiger partial charge on any atom is 0.0786 e. The van der Waals surface area contributed by atoms with Crippen molar-refractivity contribution in [2.45, 2.75) is 233 Å². The Hall–Kier alpha value is -0.840. The molecule has 0 aliphatic heterocycles. The lowest BCUT2D eigenvalue weighted by Gasteiger charge is -2.39. The van der Waals surface area contributed by atoms with Crippen molar-refractivity contribution in [2.24, 2.45) is 0 Å². The molecule has 0 aliphatic carbocycles. The van der Waals surface area contributed by atoms with Crippen LogP contribution >= 0.6 is 0 Å². The Morgan fingerprint density at radius 2 is 0.467 bits per heavy atom. The smallest absolute Gasteiger partial charge is 0.0786 e. The lowest BCUT2D eigenvalue weighted by Crippen LogP contribution is -2.50. The summed E-state index contributed by atoms with van der Waals surface area (Å²) in [6.07, 6.45) is 46.7. The minimum atomic E-state index is -1.75. The van der Waals surface area contributed by atoms with Crippen LogP contribution in [0.15, 0.2) is 0 Å². The van der Waals surface area contributed by atoms with Crippen molar-refractivity contribution in [3.05, 3.63) is 15.3 Å². The van der Waals surface area contributed by atoms with Gasteiger partial charge in [-0.25, -0.2) is 0 Å². The molecule has 0 aromatic heterocycles. The van der Waals surface area contributed by atoms with Crippen molar-refractivity contribution in [3.8, 4) is 0 Å². The van der Waals surface area contributed by atoms with Gasteiger partial charge in [-0.2, -0.15) is 0 Å². The molecule has 0 N–H and O–H groups in total. The lowest BCUT2D eigenvalue weighted by molar-refractivity contribution is -0.929. The van der Waals surface area contributed by atoms with E-state index in [1.807, 2.05) is 0 Å². The van der Waals surface area contributed by atoms with E-state index in [9.17, 15) is 0 Å². The van der Waals surface area contributed by atoms with E-state index in [0.717, 1.165) is 0 Å². The van der Waals surface area contributed by atoms with Crippen LogP contribution in [0.1, 0.15) is 233 Å². The zero-order chi connectivity index (χ0) is 33.5.